The monoisotopic (exact) mass is 254 g/mol. The SMILES string of the molecule is COc1ccc(Cl)c(NC2CC(C)N(C)C2)c1. The molecule has 2 atom stereocenters. The van der Waals surface area contributed by atoms with Gasteiger partial charge in [-0.05, 0) is 32.5 Å². The van der Waals surface area contributed by atoms with Crippen molar-refractivity contribution in [3.05, 3.63) is 23.2 Å². The van der Waals surface area contributed by atoms with E-state index in [0.717, 1.165) is 29.4 Å². The van der Waals surface area contributed by atoms with E-state index in [-0.39, 0.29) is 0 Å². The molecular formula is C13H19ClN2O. The summed E-state index contributed by atoms with van der Waals surface area (Å²) >= 11 is 6.17. The number of nitrogens with zero attached hydrogens (tertiary/aromatic N) is 1. The molecule has 0 saturated carbocycles. The standard InChI is InChI=1S/C13H19ClN2O/c1-9-6-10(8-16(9)2)15-13-7-11(17-3)4-5-12(13)14/h4-5,7,9-10,15H,6,8H2,1-3H3. The molecule has 0 aromatic heterocycles. The molecule has 1 aliphatic heterocycles. The molecule has 0 radical (unpaired) electrons. The van der Waals surface area contributed by atoms with E-state index in [4.69, 9.17) is 16.3 Å². The number of likely N-dealkylation sites (N-methyl/N-ethyl adjacent to an activating group) is 1. The number of nitrogens with one attached hydrogen (secondary N) is 1. The minimum Gasteiger partial charge on any atom is -0.497 e. The van der Waals surface area contributed by atoms with Gasteiger partial charge < -0.3 is 15.0 Å². The molecule has 94 valence electrons. The van der Waals surface area contributed by atoms with Crippen LogP contribution < -0.4 is 10.1 Å². The van der Waals surface area contributed by atoms with E-state index < -0.39 is 0 Å². The first-order valence-corrected chi connectivity index (χ1v) is 6.28. The van der Waals surface area contributed by atoms with Crippen LogP contribution in [-0.4, -0.2) is 37.7 Å². The number of ether oxygens (including phenoxy) is 1. The molecule has 4 heteroatoms. The van der Waals surface area contributed by atoms with Crippen LogP contribution >= 0.6 is 11.6 Å². The van der Waals surface area contributed by atoms with Crippen LogP contribution in [0.4, 0.5) is 5.69 Å². The molecule has 1 aromatic rings. The van der Waals surface area contributed by atoms with Gasteiger partial charge in [-0.1, -0.05) is 11.6 Å². The number of methoxy groups -OCH3 is 1. The molecule has 1 fully saturated rings. The van der Waals surface area contributed by atoms with Gasteiger partial charge in [-0.2, -0.15) is 0 Å². The molecule has 0 amide bonds. The van der Waals surface area contributed by atoms with Crippen molar-refractivity contribution in [2.75, 3.05) is 26.0 Å². The minimum absolute atomic E-state index is 0.458. The first-order valence-electron chi connectivity index (χ1n) is 5.90. The summed E-state index contributed by atoms with van der Waals surface area (Å²) in [6, 6.07) is 6.77. The smallest absolute Gasteiger partial charge is 0.121 e. The van der Waals surface area contributed by atoms with Crippen LogP contribution in [0.1, 0.15) is 13.3 Å². The van der Waals surface area contributed by atoms with Gasteiger partial charge in [-0.15, -0.1) is 0 Å². The van der Waals surface area contributed by atoms with E-state index in [0.29, 0.717) is 12.1 Å². The lowest BCUT2D eigenvalue weighted by Gasteiger charge is -2.16. The van der Waals surface area contributed by atoms with Gasteiger partial charge in [-0.3, -0.25) is 0 Å². The molecule has 0 bridgehead atoms. The Bertz CT molecular complexity index is 387. The Morgan fingerprint density at radius 1 is 1.47 bits per heavy atom. The molecular weight excluding hydrogens is 236 g/mol. The topological polar surface area (TPSA) is 24.5 Å². The van der Waals surface area contributed by atoms with Gasteiger partial charge >= 0.3 is 0 Å². The molecule has 0 aliphatic carbocycles. The molecule has 1 aliphatic rings. The first kappa shape index (κ1) is 12.5. The zero-order valence-electron chi connectivity index (χ0n) is 10.5. The second-order valence-corrected chi connectivity index (χ2v) is 5.12. The molecule has 1 aromatic carbocycles. The van der Waals surface area contributed by atoms with Crippen molar-refractivity contribution >= 4 is 17.3 Å². The molecule has 2 rings (SSSR count). The highest BCUT2D eigenvalue weighted by atomic mass is 35.5. The molecule has 3 nitrogen and oxygen atoms in total. The summed E-state index contributed by atoms with van der Waals surface area (Å²) in [5.74, 6) is 0.830. The second-order valence-electron chi connectivity index (χ2n) is 4.71. The predicted molar refractivity (Wildman–Crippen MR) is 72.1 cm³/mol. The van der Waals surface area contributed by atoms with E-state index in [9.17, 15) is 0 Å². The van der Waals surface area contributed by atoms with Crippen molar-refractivity contribution in [2.24, 2.45) is 0 Å². The van der Waals surface area contributed by atoms with Crippen molar-refractivity contribution < 1.29 is 4.74 Å². The predicted octanol–water partition coefficient (Wildman–Crippen LogP) is 2.85. The fourth-order valence-electron chi connectivity index (χ4n) is 2.26. The molecule has 1 heterocycles. The lowest BCUT2D eigenvalue weighted by Crippen LogP contribution is -2.24. The molecule has 1 N–H and O–H groups in total. The van der Waals surface area contributed by atoms with E-state index in [1.807, 2.05) is 18.2 Å². The Kier molecular flexibility index (Phi) is 3.79. The van der Waals surface area contributed by atoms with E-state index >= 15 is 0 Å². The van der Waals surface area contributed by atoms with Crippen molar-refractivity contribution in [2.45, 2.75) is 25.4 Å². The van der Waals surface area contributed by atoms with Crippen LogP contribution in [-0.2, 0) is 0 Å². The van der Waals surface area contributed by atoms with Gasteiger partial charge in [0.1, 0.15) is 5.75 Å². The molecule has 0 spiro atoms. The quantitative estimate of drug-likeness (QED) is 0.898. The highest BCUT2D eigenvalue weighted by Gasteiger charge is 2.26. The fourth-order valence-corrected chi connectivity index (χ4v) is 2.43. The van der Waals surface area contributed by atoms with Crippen LogP contribution in [0.15, 0.2) is 18.2 Å². The van der Waals surface area contributed by atoms with Gasteiger partial charge in [0.25, 0.3) is 0 Å². The Hall–Kier alpha value is -0.930. The largest absolute Gasteiger partial charge is 0.497 e. The Morgan fingerprint density at radius 2 is 2.24 bits per heavy atom. The lowest BCUT2D eigenvalue weighted by molar-refractivity contribution is 0.330. The van der Waals surface area contributed by atoms with E-state index in [1.165, 1.54) is 0 Å². The summed E-state index contributed by atoms with van der Waals surface area (Å²) in [6.45, 7) is 3.30. The number of hydrogen-bond donors (Lipinski definition) is 1. The number of rotatable bonds is 3. The van der Waals surface area contributed by atoms with Crippen LogP contribution in [0.25, 0.3) is 0 Å². The van der Waals surface area contributed by atoms with Crippen LogP contribution in [0, 0.1) is 0 Å². The summed E-state index contributed by atoms with van der Waals surface area (Å²) in [5, 5.41) is 4.23. The number of hydrogen-bond acceptors (Lipinski definition) is 3. The first-order chi connectivity index (χ1) is 8.10. The summed E-state index contributed by atoms with van der Waals surface area (Å²) in [4.78, 5) is 2.35. The third-order valence-electron chi connectivity index (χ3n) is 3.42. The third-order valence-corrected chi connectivity index (χ3v) is 3.75. The maximum atomic E-state index is 6.17. The zero-order chi connectivity index (χ0) is 12.4. The minimum atomic E-state index is 0.458. The second kappa shape index (κ2) is 5.15. The Balaban J connectivity index is 2.08. The van der Waals surface area contributed by atoms with Crippen molar-refractivity contribution in [3.63, 3.8) is 0 Å². The number of anilines is 1. The van der Waals surface area contributed by atoms with Gasteiger partial charge in [0.15, 0.2) is 0 Å². The highest BCUT2D eigenvalue weighted by Crippen LogP contribution is 2.29. The number of halogens is 1. The van der Waals surface area contributed by atoms with Gasteiger partial charge in [0.2, 0.25) is 0 Å². The molecule has 17 heavy (non-hydrogen) atoms. The summed E-state index contributed by atoms with van der Waals surface area (Å²) in [6.07, 6.45) is 1.14. The van der Waals surface area contributed by atoms with Crippen molar-refractivity contribution in [1.82, 2.24) is 4.90 Å². The summed E-state index contributed by atoms with van der Waals surface area (Å²) in [5.41, 5.74) is 0.957. The van der Waals surface area contributed by atoms with Gasteiger partial charge in [0, 0.05) is 24.7 Å². The maximum Gasteiger partial charge on any atom is 0.121 e. The Morgan fingerprint density at radius 3 is 2.82 bits per heavy atom. The molecule has 2 unspecified atom stereocenters. The maximum absolute atomic E-state index is 6.17. The average Bonchev–Trinajstić information content (AvgIpc) is 2.61. The fraction of sp³-hybridized carbons (Fsp3) is 0.538. The zero-order valence-corrected chi connectivity index (χ0v) is 11.3. The normalized spacial score (nSPS) is 24.9. The highest BCUT2D eigenvalue weighted by molar-refractivity contribution is 6.33. The lowest BCUT2D eigenvalue weighted by atomic mass is 10.2. The van der Waals surface area contributed by atoms with Crippen LogP contribution in [0.5, 0.6) is 5.75 Å². The van der Waals surface area contributed by atoms with Gasteiger partial charge in [-0.25, -0.2) is 0 Å². The van der Waals surface area contributed by atoms with Gasteiger partial charge in [0.05, 0.1) is 17.8 Å². The van der Waals surface area contributed by atoms with E-state index in [1.54, 1.807) is 7.11 Å². The van der Waals surface area contributed by atoms with Crippen LogP contribution in [0.2, 0.25) is 5.02 Å². The summed E-state index contributed by atoms with van der Waals surface area (Å²) in [7, 11) is 3.82. The van der Waals surface area contributed by atoms with E-state index in [2.05, 4.69) is 24.2 Å². The number of likely N-dealkylation sites (tertiary alicyclic amines) is 1. The Labute approximate surface area is 108 Å². The third kappa shape index (κ3) is 2.85. The molecule has 1 saturated heterocycles. The number of benzene rings is 1. The summed E-state index contributed by atoms with van der Waals surface area (Å²) < 4.78 is 5.21. The van der Waals surface area contributed by atoms with Crippen molar-refractivity contribution in [1.29, 1.82) is 0 Å². The van der Waals surface area contributed by atoms with Crippen molar-refractivity contribution in [3.8, 4) is 5.75 Å². The average molecular weight is 255 g/mol. The van der Waals surface area contributed by atoms with Crippen LogP contribution in [0.3, 0.4) is 0 Å².